The van der Waals surface area contributed by atoms with Crippen LogP contribution in [0.2, 0.25) is 0 Å². The van der Waals surface area contributed by atoms with Crippen LogP contribution in [0.1, 0.15) is 25.5 Å². The minimum atomic E-state index is 0.0822. The zero-order valence-corrected chi connectivity index (χ0v) is 9.26. The van der Waals surface area contributed by atoms with Gasteiger partial charge in [-0.1, -0.05) is 6.92 Å². The van der Waals surface area contributed by atoms with Gasteiger partial charge in [0, 0.05) is 12.6 Å². The Kier molecular flexibility index (Phi) is 3.38. The molecule has 2 heterocycles. The number of hydrogen-bond acceptors (Lipinski definition) is 3. The summed E-state index contributed by atoms with van der Waals surface area (Å²) in [6, 6.07) is 0.620. The molecule has 1 fully saturated rings. The Morgan fingerprint density at radius 1 is 1.60 bits per heavy atom. The summed E-state index contributed by atoms with van der Waals surface area (Å²) >= 11 is 0. The van der Waals surface area contributed by atoms with Gasteiger partial charge in [-0.25, -0.2) is 4.98 Å². The summed E-state index contributed by atoms with van der Waals surface area (Å²) < 4.78 is 2.07. The first kappa shape index (κ1) is 10.6. The van der Waals surface area contributed by atoms with Crippen LogP contribution in [-0.4, -0.2) is 38.7 Å². The number of nitrogens with zero attached hydrogens (tertiary/aromatic N) is 3. The molecule has 0 saturated carbocycles. The molecule has 4 nitrogen and oxygen atoms in total. The third-order valence-electron chi connectivity index (χ3n) is 3.27. The molecule has 1 aromatic heterocycles. The number of aromatic nitrogens is 2. The summed E-state index contributed by atoms with van der Waals surface area (Å²) in [5.74, 6) is 0. The van der Waals surface area contributed by atoms with E-state index in [4.69, 9.17) is 5.11 Å². The second-order valence-corrected chi connectivity index (χ2v) is 4.12. The molecule has 1 aliphatic rings. The number of imidazole rings is 1. The van der Waals surface area contributed by atoms with Gasteiger partial charge >= 0.3 is 0 Å². The van der Waals surface area contributed by atoms with Gasteiger partial charge in [-0.15, -0.1) is 0 Å². The lowest BCUT2D eigenvalue weighted by Crippen LogP contribution is -2.32. The highest BCUT2D eigenvalue weighted by molar-refractivity contribution is 4.97. The summed E-state index contributed by atoms with van der Waals surface area (Å²) in [6.07, 6.45) is 6.11. The predicted octanol–water partition coefficient (Wildman–Crippen LogP) is 0.860. The standard InChI is InChI=1S/C11H19N3O/c1-2-13-5-3-4-10(13)7-14-9-12-6-11(14)8-15/h6,9-10,15H,2-5,7-8H2,1H3. The van der Waals surface area contributed by atoms with Crippen molar-refractivity contribution in [1.29, 1.82) is 0 Å². The molecule has 84 valence electrons. The van der Waals surface area contributed by atoms with E-state index in [9.17, 15) is 0 Å². The lowest BCUT2D eigenvalue weighted by molar-refractivity contribution is 0.231. The minimum Gasteiger partial charge on any atom is -0.390 e. The van der Waals surface area contributed by atoms with E-state index >= 15 is 0 Å². The van der Waals surface area contributed by atoms with Gasteiger partial charge in [0.05, 0.1) is 24.8 Å². The van der Waals surface area contributed by atoms with Crippen LogP contribution in [-0.2, 0) is 13.2 Å². The molecule has 1 aromatic rings. The largest absolute Gasteiger partial charge is 0.390 e. The molecular weight excluding hydrogens is 190 g/mol. The van der Waals surface area contributed by atoms with E-state index in [2.05, 4.69) is 21.4 Å². The maximum Gasteiger partial charge on any atom is 0.0949 e. The molecule has 0 aromatic carbocycles. The van der Waals surface area contributed by atoms with Crippen LogP contribution in [0.25, 0.3) is 0 Å². The molecule has 1 atom stereocenters. The van der Waals surface area contributed by atoms with E-state index in [1.165, 1.54) is 19.4 Å². The SMILES string of the molecule is CCN1CCCC1Cn1cncc1CO. The first-order valence-corrected chi connectivity index (χ1v) is 5.69. The fraction of sp³-hybridized carbons (Fsp3) is 0.727. The maximum atomic E-state index is 9.13. The Morgan fingerprint density at radius 3 is 3.20 bits per heavy atom. The summed E-state index contributed by atoms with van der Waals surface area (Å²) in [5, 5.41) is 9.13. The van der Waals surface area contributed by atoms with Crippen LogP contribution in [0, 0.1) is 0 Å². The van der Waals surface area contributed by atoms with Crippen molar-refractivity contribution < 1.29 is 5.11 Å². The third kappa shape index (κ3) is 2.21. The quantitative estimate of drug-likeness (QED) is 0.799. The zero-order valence-electron chi connectivity index (χ0n) is 9.26. The van der Waals surface area contributed by atoms with Crippen LogP contribution >= 0.6 is 0 Å². The van der Waals surface area contributed by atoms with E-state index in [1.807, 2.05) is 6.33 Å². The van der Waals surface area contributed by atoms with Crippen molar-refractivity contribution in [3.05, 3.63) is 18.2 Å². The number of aliphatic hydroxyl groups excluding tert-OH is 1. The van der Waals surface area contributed by atoms with E-state index in [0.29, 0.717) is 6.04 Å². The van der Waals surface area contributed by atoms with Crippen LogP contribution in [0.3, 0.4) is 0 Å². The van der Waals surface area contributed by atoms with Crippen molar-refractivity contribution in [2.24, 2.45) is 0 Å². The highest BCUT2D eigenvalue weighted by Crippen LogP contribution is 2.18. The van der Waals surface area contributed by atoms with Crippen molar-refractivity contribution in [3.63, 3.8) is 0 Å². The molecule has 0 radical (unpaired) electrons. The molecule has 2 rings (SSSR count). The van der Waals surface area contributed by atoms with Gasteiger partial charge < -0.3 is 9.67 Å². The van der Waals surface area contributed by atoms with Crippen LogP contribution in [0.15, 0.2) is 12.5 Å². The van der Waals surface area contributed by atoms with Crippen molar-refractivity contribution in [1.82, 2.24) is 14.5 Å². The van der Waals surface area contributed by atoms with Gasteiger partial charge in [-0.05, 0) is 25.9 Å². The van der Waals surface area contributed by atoms with E-state index in [1.54, 1.807) is 6.20 Å². The first-order chi connectivity index (χ1) is 7.35. The summed E-state index contributed by atoms with van der Waals surface area (Å²) in [6.45, 7) is 5.58. The molecule has 0 spiro atoms. The van der Waals surface area contributed by atoms with E-state index < -0.39 is 0 Å². The average molecular weight is 209 g/mol. The minimum absolute atomic E-state index is 0.0822. The molecule has 15 heavy (non-hydrogen) atoms. The van der Waals surface area contributed by atoms with Crippen molar-refractivity contribution in [3.8, 4) is 0 Å². The number of likely N-dealkylation sites (N-methyl/N-ethyl adjacent to an activating group) is 1. The second-order valence-electron chi connectivity index (χ2n) is 4.12. The molecule has 1 N–H and O–H groups in total. The molecule has 1 aliphatic heterocycles. The van der Waals surface area contributed by atoms with E-state index in [0.717, 1.165) is 18.8 Å². The summed E-state index contributed by atoms with van der Waals surface area (Å²) in [7, 11) is 0. The highest BCUT2D eigenvalue weighted by Gasteiger charge is 2.23. The third-order valence-corrected chi connectivity index (χ3v) is 3.27. The Hall–Kier alpha value is -0.870. The Morgan fingerprint density at radius 2 is 2.47 bits per heavy atom. The summed E-state index contributed by atoms with van der Waals surface area (Å²) in [5.41, 5.74) is 0.915. The molecular formula is C11H19N3O. The van der Waals surface area contributed by atoms with E-state index in [-0.39, 0.29) is 6.61 Å². The second kappa shape index (κ2) is 4.77. The molecule has 4 heteroatoms. The van der Waals surface area contributed by atoms with Gasteiger partial charge in [0.2, 0.25) is 0 Å². The highest BCUT2D eigenvalue weighted by atomic mass is 16.3. The van der Waals surface area contributed by atoms with Gasteiger partial charge in [-0.2, -0.15) is 0 Å². The van der Waals surface area contributed by atoms with Gasteiger partial charge in [-0.3, -0.25) is 4.90 Å². The molecule has 1 unspecified atom stereocenters. The van der Waals surface area contributed by atoms with Crippen molar-refractivity contribution >= 4 is 0 Å². The average Bonchev–Trinajstić information content (AvgIpc) is 2.87. The van der Waals surface area contributed by atoms with Gasteiger partial charge in [0.1, 0.15) is 0 Å². The topological polar surface area (TPSA) is 41.3 Å². The van der Waals surface area contributed by atoms with Crippen LogP contribution in [0.5, 0.6) is 0 Å². The number of rotatable bonds is 4. The smallest absolute Gasteiger partial charge is 0.0949 e. The molecule has 1 saturated heterocycles. The molecule has 0 amide bonds. The van der Waals surface area contributed by atoms with Crippen molar-refractivity contribution in [2.45, 2.75) is 39.0 Å². The first-order valence-electron chi connectivity index (χ1n) is 5.69. The maximum absolute atomic E-state index is 9.13. The Labute approximate surface area is 90.5 Å². The fourth-order valence-corrected chi connectivity index (χ4v) is 2.39. The molecule has 0 bridgehead atoms. The Bertz CT molecular complexity index is 311. The van der Waals surface area contributed by atoms with Gasteiger partial charge in [0.25, 0.3) is 0 Å². The Balaban J connectivity index is 2.01. The predicted molar refractivity (Wildman–Crippen MR) is 58.4 cm³/mol. The number of likely N-dealkylation sites (tertiary alicyclic amines) is 1. The zero-order chi connectivity index (χ0) is 10.7. The van der Waals surface area contributed by atoms with Gasteiger partial charge in [0.15, 0.2) is 0 Å². The summed E-state index contributed by atoms with van der Waals surface area (Å²) in [4.78, 5) is 6.57. The van der Waals surface area contributed by atoms with Crippen LogP contribution < -0.4 is 0 Å². The van der Waals surface area contributed by atoms with Crippen LogP contribution in [0.4, 0.5) is 0 Å². The number of aliphatic hydroxyl groups is 1. The normalized spacial score (nSPS) is 22.4. The van der Waals surface area contributed by atoms with Crippen molar-refractivity contribution in [2.75, 3.05) is 13.1 Å². The fourth-order valence-electron chi connectivity index (χ4n) is 2.39. The monoisotopic (exact) mass is 209 g/mol. The molecule has 0 aliphatic carbocycles. The lowest BCUT2D eigenvalue weighted by atomic mass is 10.2. The number of hydrogen-bond donors (Lipinski definition) is 1. The lowest BCUT2D eigenvalue weighted by Gasteiger charge is -2.23.